The summed E-state index contributed by atoms with van der Waals surface area (Å²) in [6, 6.07) is 10.9. The molecular weight excluding hydrogens is 410 g/mol. The molecule has 4 rings (SSSR count). The molecule has 0 fully saturated rings. The molecule has 0 saturated carbocycles. The van der Waals surface area contributed by atoms with Gasteiger partial charge in [-0.1, -0.05) is 29.4 Å². The van der Waals surface area contributed by atoms with Crippen LogP contribution in [-0.2, 0) is 4.79 Å². The molecule has 0 aliphatic heterocycles. The molecule has 1 atom stereocenters. The van der Waals surface area contributed by atoms with Gasteiger partial charge >= 0.3 is 5.69 Å². The Bertz CT molecular complexity index is 1260. The van der Waals surface area contributed by atoms with Crippen molar-refractivity contribution < 1.29 is 4.79 Å². The number of amides is 1. The Labute approximate surface area is 175 Å². The van der Waals surface area contributed by atoms with E-state index in [2.05, 4.69) is 20.3 Å². The van der Waals surface area contributed by atoms with Gasteiger partial charge < -0.3 is 15.3 Å². The molecule has 2 aromatic carbocycles. The van der Waals surface area contributed by atoms with Crippen molar-refractivity contribution in [1.29, 1.82) is 0 Å². The van der Waals surface area contributed by atoms with E-state index in [4.69, 9.17) is 11.6 Å². The number of imidazole rings is 2. The number of carbonyl (C=O) groups is 1. The monoisotopic (exact) mass is 427 g/mol. The lowest BCUT2D eigenvalue weighted by molar-refractivity contribution is -0.115. The maximum atomic E-state index is 12.7. The Balaban J connectivity index is 1.51. The predicted octanol–water partition coefficient (Wildman–Crippen LogP) is 4.12. The lowest BCUT2D eigenvalue weighted by atomic mass is 10.2. The second-order valence-corrected chi connectivity index (χ2v) is 8.27. The molecule has 2 aromatic heterocycles. The van der Waals surface area contributed by atoms with E-state index in [-0.39, 0.29) is 11.6 Å². The number of fused-ring (bicyclic) bond motifs is 1. The molecule has 4 aromatic rings. The molecule has 0 aliphatic rings. The molecule has 0 aliphatic carbocycles. The molecule has 29 heavy (non-hydrogen) atoms. The van der Waals surface area contributed by atoms with Crippen LogP contribution in [-0.4, -0.2) is 30.7 Å². The number of aromatic nitrogens is 4. The van der Waals surface area contributed by atoms with E-state index >= 15 is 0 Å². The summed E-state index contributed by atoms with van der Waals surface area (Å²) >= 11 is 7.60. The minimum Gasteiger partial charge on any atom is -0.325 e. The number of anilines is 1. The fraction of sp³-hybridized carbons (Fsp3) is 0.150. The first-order valence-corrected chi connectivity index (χ1v) is 10.2. The Hall–Kier alpha value is -2.97. The summed E-state index contributed by atoms with van der Waals surface area (Å²) < 4.78 is 1.92. The van der Waals surface area contributed by atoms with E-state index in [1.54, 1.807) is 24.4 Å². The second kappa shape index (κ2) is 7.81. The Morgan fingerprint density at radius 3 is 2.86 bits per heavy atom. The zero-order valence-corrected chi connectivity index (χ0v) is 17.3. The van der Waals surface area contributed by atoms with Gasteiger partial charge in [-0.2, -0.15) is 0 Å². The average Bonchev–Trinajstić information content (AvgIpc) is 3.29. The molecule has 148 valence electrons. The van der Waals surface area contributed by atoms with Crippen LogP contribution in [0.5, 0.6) is 0 Å². The van der Waals surface area contributed by atoms with E-state index in [0.29, 0.717) is 26.9 Å². The largest absolute Gasteiger partial charge is 0.325 e. The summed E-state index contributed by atoms with van der Waals surface area (Å²) in [7, 11) is 0. The number of nitrogens with one attached hydrogen (secondary N) is 3. The number of H-pyrrole nitrogens is 2. The second-order valence-electron chi connectivity index (χ2n) is 6.55. The van der Waals surface area contributed by atoms with Crippen LogP contribution >= 0.6 is 23.4 Å². The van der Waals surface area contributed by atoms with Crippen molar-refractivity contribution in [3.05, 3.63) is 69.9 Å². The van der Waals surface area contributed by atoms with Gasteiger partial charge in [0.2, 0.25) is 5.91 Å². The maximum absolute atomic E-state index is 12.7. The normalized spacial score (nSPS) is 12.2. The zero-order valence-electron chi connectivity index (χ0n) is 15.7. The first-order chi connectivity index (χ1) is 13.9. The third-order valence-electron chi connectivity index (χ3n) is 4.54. The standard InChI is InChI=1S/C20H18ClN5O2S/c1-11-14(21)4-3-5-17(11)26-9-8-22-20(26)29-12(2)18(27)23-13-6-7-15-16(10-13)25-19(28)24-15/h3-10,12H,1-2H3,(H,23,27)(H2,24,25,28)/t12-/m1/s1. The van der Waals surface area contributed by atoms with Gasteiger partial charge in [-0.25, -0.2) is 9.78 Å². The summed E-state index contributed by atoms with van der Waals surface area (Å²) in [5.74, 6) is -0.162. The molecule has 9 heteroatoms. The van der Waals surface area contributed by atoms with Crippen molar-refractivity contribution in [2.75, 3.05) is 5.32 Å². The minimum absolute atomic E-state index is 0.162. The molecule has 7 nitrogen and oxygen atoms in total. The number of nitrogens with zero attached hydrogens (tertiary/aromatic N) is 2. The number of thioether (sulfide) groups is 1. The highest BCUT2D eigenvalue weighted by Gasteiger charge is 2.19. The van der Waals surface area contributed by atoms with E-state index in [9.17, 15) is 9.59 Å². The van der Waals surface area contributed by atoms with Crippen LogP contribution in [0.4, 0.5) is 5.69 Å². The van der Waals surface area contributed by atoms with Crippen molar-refractivity contribution in [3.63, 3.8) is 0 Å². The average molecular weight is 428 g/mol. The summed E-state index contributed by atoms with van der Waals surface area (Å²) in [4.78, 5) is 33.8. The Morgan fingerprint density at radius 1 is 1.24 bits per heavy atom. The van der Waals surface area contributed by atoms with Crippen molar-refractivity contribution in [2.24, 2.45) is 0 Å². The minimum atomic E-state index is -0.392. The van der Waals surface area contributed by atoms with Crippen molar-refractivity contribution in [3.8, 4) is 5.69 Å². The third kappa shape index (κ3) is 3.94. The van der Waals surface area contributed by atoms with Gasteiger partial charge in [-0.3, -0.25) is 9.36 Å². The number of hydrogen-bond donors (Lipinski definition) is 3. The molecule has 0 spiro atoms. The Kier molecular flexibility index (Phi) is 5.21. The van der Waals surface area contributed by atoms with Gasteiger partial charge in [-0.15, -0.1) is 0 Å². The quantitative estimate of drug-likeness (QED) is 0.417. The SMILES string of the molecule is Cc1c(Cl)cccc1-n1ccnc1S[C@H](C)C(=O)Nc1ccc2[nH]c(=O)[nH]c2c1. The van der Waals surface area contributed by atoms with E-state index in [0.717, 1.165) is 11.3 Å². The fourth-order valence-corrected chi connectivity index (χ4v) is 4.03. The number of hydrogen-bond acceptors (Lipinski definition) is 4. The molecule has 1 amide bonds. The zero-order chi connectivity index (χ0) is 20.5. The highest BCUT2D eigenvalue weighted by molar-refractivity contribution is 8.00. The third-order valence-corrected chi connectivity index (χ3v) is 6.03. The van der Waals surface area contributed by atoms with Gasteiger partial charge in [0.05, 0.1) is 22.0 Å². The molecule has 2 heterocycles. The number of benzene rings is 2. The molecule has 0 saturated heterocycles. The van der Waals surface area contributed by atoms with Crippen LogP contribution in [0.15, 0.2) is 58.7 Å². The van der Waals surface area contributed by atoms with Gasteiger partial charge in [0.15, 0.2) is 5.16 Å². The summed E-state index contributed by atoms with van der Waals surface area (Å²) in [6.45, 7) is 3.77. The van der Waals surface area contributed by atoms with E-state index in [1.165, 1.54) is 11.8 Å². The predicted molar refractivity (Wildman–Crippen MR) is 116 cm³/mol. The van der Waals surface area contributed by atoms with Crippen molar-refractivity contribution >= 4 is 46.0 Å². The van der Waals surface area contributed by atoms with Crippen molar-refractivity contribution in [2.45, 2.75) is 24.3 Å². The van der Waals surface area contributed by atoms with Crippen LogP contribution in [0.2, 0.25) is 5.02 Å². The van der Waals surface area contributed by atoms with Crippen LogP contribution in [0.3, 0.4) is 0 Å². The fourth-order valence-electron chi connectivity index (χ4n) is 2.98. The molecule has 3 N–H and O–H groups in total. The van der Waals surface area contributed by atoms with E-state index < -0.39 is 5.25 Å². The summed E-state index contributed by atoms with van der Waals surface area (Å²) in [6.07, 6.45) is 3.55. The van der Waals surface area contributed by atoms with Crippen LogP contribution < -0.4 is 11.0 Å². The van der Waals surface area contributed by atoms with Gasteiger partial charge in [0.1, 0.15) is 0 Å². The summed E-state index contributed by atoms with van der Waals surface area (Å²) in [5, 5.41) is 3.86. The number of halogens is 1. The molecule has 0 bridgehead atoms. The lowest BCUT2D eigenvalue weighted by Crippen LogP contribution is -2.22. The van der Waals surface area contributed by atoms with Crippen molar-refractivity contribution in [1.82, 2.24) is 19.5 Å². The van der Waals surface area contributed by atoms with Gasteiger partial charge in [-0.05, 0) is 49.7 Å². The van der Waals surface area contributed by atoms with Gasteiger partial charge in [0, 0.05) is 23.1 Å². The smallest absolute Gasteiger partial charge is 0.323 e. The number of carbonyl (C=O) groups excluding carboxylic acids is 1. The topological polar surface area (TPSA) is 95.6 Å². The number of rotatable bonds is 5. The van der Waals surface area contributed by atoms with Crippen LogP contribution in [0.1, 0.15) is 12.5 Å². The first kappa shape index (κ1) is 19.4. The van der Waals surface area contributed by atoms with E-state index in [1.807, 2.05) is 42.8 Å². The number of aromatic amines is 2. The lowest BCUT2D eigenvalue weighted by Gasteiger charge is -2.15. The Morgan fingerprint density at radius 2 is 2.03 bits per heavy atom. The van der Waals surface area contributed by atoms with Gasteiger partial charge in [0.25, 0.3) is 0 Å². The maximum Gasteiger partial charge on any atom is 0.323 e. The summed E-state index contributed by atoms with van der Waals surface area (Å²) in [5.41, 5.74) is 3.52. The first-order valence-electron chi connectivity index (χ1n) is 8.91. The highest BCUT2D eigenvalue weighted by Crippen LogP contribution is 2.29. The molecular formula is C20H18ClN5O2S. The van der Waals surface area contributed by atoms with Crippen LogP contribution in [0, 0.1) is 6.92 Å². The molecule has 0 radical (unpaired) electrons. The highest BCUT2D eigenvalue weighted by atomic mass is 35.5. The molecule has 0 unspecified atom stereocenters. The van der Waals surface area contributed by atoms with Crippen LogP contribution in [0.25, 0.3) is 16.7 Å².